The van der Waals surface area contributed by atoms with Crippen LogP contribution in [-0.4, -0.2) is 38.7 Å². The highest BCUT2D eigenvalue weighted by atomic mass is 32.2. The van der Waals surface area contributed by atoms with Crippen LogP contribution < -0.4 is 5.32 Å². The van der Waals surface area contributed by atoms with Gasteiger partial charge in [-0.15, -0.1) is 5.10 Å². The lowest BCUT2D eigenvalue weighted by Gasteiger charge is -2.10. The molecule has 25 heavy (non-hydrogen) atoms. The van der Waals surface area contributed by atoms with Crippen LogP contribution >= 0.6 is 11.8 Å². The molecule has 1 atom stereocenters. The van der Waals surface area contributed by atoms with E-state index in [4.69, 9.17) is 5.11 Å². The van der Waals surface area contributed by atoms with Gasteiger partial charge in [0.05, 0.1) is 23.8 Å². The first-order valence-electron chi connectivity index (χ1n) is 6.48. The number of hydrogen-bond acceptors (Lipinski definition) is 6. The quantitative estimate of drug-likeness (QED) is 0.421. The first-order valence-corrected chi connectivity index (χ1v) is 7.36. The number of hydrogen-bond donors (Lipinski definition) is 3. The Balaban J connectivity index is 2.20. The van der Waals surface area contributed by atoms with Crippen LogP contribution in [0.1, 0.15) is 17.5 Å². The number of carbonyl (C=O) groups excluding carboxylic acids is 1. The Hall–Kier alpha value is -2.63. The number of carboxylic acids is 1. The minimum Gasteiger partial charge on any atom is -0.507 e. The summed E-state index contributed by atoms with van der Waals surface area (Å²) in [6, 6.07) is 0.906. The third-order valence-corrected chi connectivity index (χ3v) is 4.01. The number of rotatable bonds is 4. The molecule has 7 nitrogen and oxygen atoms in total. The minimum atomic E-state index is -4.88. The Morgan fingerprint density at radius 1 is 1.40 bits per heavy atom. The number of benzene rings is 1. The van der Waals surface area contributed by atoms with Gasteiger partial charge in [-0.25, -0.2) is 4.39 Å². The van der Waals surface area contributed by atoms with Crippen LogP contribution in [0.5, 0.6) is 5.75 Å². The topological polar surface area (TPSA) is 111 Å². The molecule has 0 aromatic heterocycles. The van der Waals surface area contributed by atoms with Gasteiger partial charge in [-0.2, -0.15) is 18.3 Å². The van der Waals surface area contributed by atoms with E-state index in [2.05, 4.69) is 15.5 Å². The summed E-state index contributed by atoms with van der Waals surface area (Å²) in [6.45, 7) is 0. The van der Waals surface area contributed by atoms with Gasteiger partial charge in [0.25, 0.3) is 0 Å². The molecule has 0 radical (unpaired) electrons. The van der Waals surface area contributed by atoms with Gasteiger partial charge in [-0.05, 0) is 12.1 Å². The second-order valence-electron chi connectivity index (χ2n) is 4.70. The molecule has 0 bridgehead atoms. The molecule has 1 aromatic rings. The first-order chi connectivity index (χ1) is 11.6. The molecule has 12 heteroatoms. The van der Waals surface area contributed by atoms with Crippen molar-refractivity contribution in [2.24, 2.45) is 10.2 Å². The van der Waals surface area contributed by atoms with Crippen molar-refractivity contribution in [1.82, 2.24) is 5.32 Å². The summed E-state index contributed by atoms with van der Waals surface area (Å²) in [5.74, 6) is -4.31. The summed E-state index contributed by atoms with van der Waals surface area (Å²) < 4.78 is 51.6. The average Bonchev–Trinajstić information content (AvgIpc) is 2.80. The van der Waals surface area contributed by atoms with Crippen molar-refractivity contribution in [3.63, 3.8) is 0 Å². The second-order valence-corrected chi connectivity index (χ2v) is 5.89. The van der Waals surface area contributed by atoms with E-state index in [1.54, 1.807) is 0 Å². The SMILES string of the molecule is O=C(O)CC1SC(=NN=Cc2c(F)ccc(C(F)(F)F)c2O)NC1=O. The number of alkyl halides is 3. The van der Waals surface area contributed by atoms with Gasteiger partial charge in [0.1, 0.15) is 16.8 Å². The number of nitrogens with one attached hydrogen (secondary N) is 1. The van der Waals surface area contributed by atoms with Crippen molar-refractivity contribution < 1.29 is 37.4 Å². The van der Waals surface area contributed by atoms with Crippen molar-refractivity contribution >= 4 is 35.0 Å². The van der Waals surface area contributed by atoms with Crippen LogP contribution in [0.15, 0.2) is 22.3 Å². The van der Waals surface area contributed by atoms with E-state index in [0.29, 0.717) is 18.3 Å². The van der Waals surface area contributed by atoms with E-state index < -0.39 is 52.4 Å². The maximum absolute atomic E-state index is 13.6. The molecular formula is C13H9F4N3O4S. The van der Waals surface area contributed by atoms with Crippen LogP contribution in [0.2, 0.25) is 0 Å². The number of aliphatic carboxylic acids is 1. The number of amides is 1. The van der Waals surface area contributed by atoms with Crippen LogP contribution in [0.25, 0.3) is 0 Å². The lowest BCUT2D eigenvalue weighted by molar-refractivity contribution is -0.139. The monoisotopic (exact) mass is 379 g/mol. The van der Waals surface area contributed by atoms with Gasteiger partial charge in [0.15, 0.2) is 5.17 Å². The number of aromatic hydroxyl groups is 1. The molecule has 1 saturated heterocycles. The van der Waals surface area contributed by atoms with Crippen molar-refractivity contribution in [3.8, 4) is 5.75 Å². The Morgan fingerprint density at radius 2 is 2.08 bits per heavy atom. The first kappa shape index (κ1) is 18.7. The predicted molar refractivity (Wildman–Crippen MR) is 79.9 cm³/mol. The fourth-order valence-electron chi connectivity index (χ4n) is 1.82. The number of thioether (sulfide) groups is 1. The average molecular weight is 379 g/mol. The van der Waals surface area contributed by atoms with E-state index >= 15 is 0 Å². The summed E-state index contributed by atoms with van der Waals surface area (Å²) in [5, 5.41) is 26.2. The molecule has 3 N–H and O–H groups in total. The van der Waals surface area contributed by atoms with E-state index in [-0.39, 0.29) is 5.17 Å². The largest absolute Gasteiger partial charge is 0.507 e. The summed E-state index contributed by atoms with van der Waals surface area (Å²) in [6.07, 6.45) is -4.78. The smallest absolute Gasteiger partial charge is 0.419 e. The van der Waals surface area contributed by atoms with Crippen LogP contribution in [-0.2, 0) is 15.8 Å². The highest BCUT2D eigenvalue weighted by Crippen LogP contribution is 2.37. The lowest BCUT2D eigenvalue weighted by atomic mass is 10.1. The minimum absolute atomic E-state index is 0.0978. The maximum atomic E-state index is 13.6. The standard InChI is InChI=1S/C13H9F4N3O4S/c14-7-2-1-6(13(15,16)17)10(23)5(7)4-18-20-12-19-11(24)8(25-12)3-9(21)22/h1-2,4,8,23H,3H2,(H,21,22)(H,19,20,24). The zero-order valence-electron chi connectivity index (χ0n) is 12.0. The summed E-state index contributed by atoms with van der Waals surface area (Å²) >= 11 is 0.757. The third-order valence-electron chi connectivity index (χ3n) is 2.94. The van der Waals surface area contributed by atoms with Gasteiger partial charge >= 0.3 is 12.1 Å². The van der Waals surface area contributed by atoms with Crippen LogP contribution in [0.3, 0.4) is 0 Å². The normalized spacial score (nSPS) is 19.6. The number of carboxylic acid groups (broad SMARTS) is 1. The Morgan fingerprint density at radius 3 is 2.68 bits per heavy atom. The number of halogens is 4. The van der Waals surface area contributed by atoms with Crippen molar-refractivity contribution in [3.05, 3.63) is 29.1 Å². The van der Waals surface area contributed by atoms with Crippen molar-refractivity contribution in [1.29, 1.82) is 0 Å². The number of carbonyl (C=O) groups is 2. The van der Waals surface area contributed by atoms with Gasteiger partial charge < -0.3 is 15.5 Å². The summed E-state index contributed by atoms with van der Waals surface area (Å²) in [4.78, 5) is 22.0. The zero-order chi connectivity index (χ0) is 18.8. The molecule has 1 aliphatic rings. The fraction of sp³-hybridized carbons (Fsp3) is 0.231. The molecule has 1 aromatic carbocycles. The van der Waals surface area contributed by atoms with Gasteiger partial charge in [-0.3, -0.25) is 9.59 Å². The van der Waals surface area contributed by atoms with E-state index in [1.165, 1.54) is 0 Å². The fourth-order valence-corrected chi connectivity index (χ4v) is 2.73. The van der Waals surface area contributed by atoms with Gasteiger partial charge in [0.2, 0.25) is 5.91 Å². The van der Waals surface area contributed by atoms with Crippen LogP contribution in [0.4, 0.5) is 17.6 Å². The number of phenols is 1. The summed E-state index contributed by atoms with van der Waals surface area (Å²) in [5.41, 5.74) is -2.26. The highest BCUT2D eigenvalue weighted by Gasteiger charge is 2.35. The molecule has 0 spiro atoms. The Kier molecular flexibility index (Phi) is 5.30. The number of amidine groups is 1. The molecule has 1 amide bonds. The zero-order valence-corrected chi connectivity index (χ0v) is 12.9. The second kappa shape index (κ2) is 7.09. The van der Waals surface area contributed by atoms with Crippen molar-refractivity contribution in [2.75, 3.05) is 0 Å². The van der Waals surface area contributed by atoms with Gasteiger partial charge in [-0.1, -0.05) is 11.8 Å². The lowest BCUT2D eigenvalue weighted by Crippen LogP contribution is -2.26. The van der Waals surface area contributed by atoms with Gasteiger partial charge in [0, 0.05) is 0 Å². The van der Waals surface area contributed by atoms with E-state index in [9.17, 15) is 32.3 Å². The molecule has 134 valence electrons. The van der Waals surface area contributed by atoms with Crippen molar-refractivity contribution in [2.45, 2.75) is 17.8 Å². The Labute approximate surface area is 141 Å². The van der Waals surface area contributed by atoms with Crippen LogP contribution in [0, 0.1) is 5.82 Å². The molecule has 0 aliphatic carbocycles. The molecule has 0 saturated carbocycles. The number of nitrogens with zero attached hydrogens (tertiary/aromatic N) is 2. The maximum Gasteiger partial charge on any atom is 0.419 e. The molecule has 1 fully saturated rings. The summed E-state index contributed by atoms with van der Waals surface area (Å²) in [7, 11) is 0. The third kappa shape index (κ3) is 4.47. The predicted octanol–water partition coefficient (Wildman–Crippen LogP) is 1.95. The molecular weight excluding hydrogens is 370 g/mol. The Bertz CT molecular complexity index is 779. The van der Waals surface area contributed by atoms with E-state index in [1.807, 2.05) is 0 Å². The molecule has 1 unspecified atom stereocenters. The molecule has 1 aliphatic heterocycles. The van der Waals surface area contributed by atoms with E-state index in [0.717, 1.165) is 11.8 Å². The molecule has 2 rings (SSSR count). The highest BCUT2D eigenvalue weighted by molar-refractivity contribution is 8.15. The molecule has 1 heterocycles. The number of phenolic OH excluding ortho intramolecular Hbond substituents is 1.